The molecule has 1 amide bonds. The standard InChI is InChI=1S/C14H7BrClIN2O/c15-9-1-4-13(8(5-9)7-18)19-14(20)11-6-10(16)2-3-12(11)17/h1-6H,(H,19,20). The van der Waals surface area contributed by atoms with Crippen LogP contribution in [-0.4, -0.2) is 5.91 Å². The molecule has 0 heterocycles. The van der Waals surface area contributed by atoms with Crippen molar-refractivity contribution in [3.05, 3.63) is 60.6 Å². The van der Waals surface area contributed by atoms with Crippen LogP contribution in [0.15, 0.2) is 40.9 Å². The van der Waals surface area contributed by atoms with Crippen LogP contribution in [0.1, 0.15) is 15.9 Å². The summed E-state index contributed by atoms with van der Waals surface area (Å²) in [5.41, 5.74) is 1.34. The molecule has 20 heavy (non-hydrogen) atoms. The quantitative estimate of drug-likeness (QED) is 0.652. The minimum atomic E-state index is -0.296. The van der Waals surface area contributed by atoms with E-state index in [0.717, 1.165) is 8.04 Å². The van der Waals surface area contributed by atoms with Crippen molar-refractivity contribution in [1.29, 1.82) is 5.26 Å². The van der Waals surface area contributed by atoms with Gasteiger partial charge in [-0.2, -0.15) is 5.26 Å². The van der Waals surface area contributed by atoms with E-state index in [4.69, 9.17) is 16.9 Å². The Kier molecular flexibility index (Phi) is 5.02. The highest BCUT2D eigenvalue weighted by atomic mass is 127. The van der Waals surface area contributed by atoms with E-state index in [1.165, 1.54) is 0 Å². The normalized spacial score (nSPS) is 9.90. The third-order valence-electron chi connectivity index (χ3n) is 2.52. The van der Waals surface area contributed by atoms with Gasteiger partial charge >= 0.3 is 0 Å². The molecule has 0 spiro atoms. The predicted molar refractivity (Wildman–Crippen MR) is 91.0 cm³/mol. The molecule has 0 atom stereocenters. The second kappa shape index (κ2) is 6.57. The Labute approximate surface area is 143 Å². The van der Waals surface area contributed by atoms with Crippen LogP contribution in [-0.2, 0) is 0 Å². The van der Waals surface area contributed by atoms with Crippen LogP contribution in [0.25, 0.3) is 0 Å². The Hall–Kier alpha value is -1.10. The van der Waals surface area contributed by atoms with E-state index < -0.39 is 0 Å². The number of anilines is 1. The summed E-state index contributed by atoms with van der Waals surface area (Å²) in [5, 5.41) is 12.3. The molecule has 0 unspecified atom stereocenters. The fourth-order valence-corrected chi connectivity index (χ4v) is 2.69. The fraction of sp³-hybridized carbons (Fsp3) is 0. The molecule has 0 fully saturated rings. The first-order valence-corrected chi connectivity index (χ1v) is 7.72. The van der Waals surface area contributed by atoms with Crippen molar-refractivity contribution >= 4 is 61.7 Å². The lowest BCUT2D eigenvalue weighted by atomic mass is 10.1. The van der Waals surface area contributed by atoms with Gasteiger partial charge in [-0.25, -0.2) is 0 Å². The molecule has 2 aromatic rings. The Balaban J connectivity index is 2.33. The zero-order chi connectivity index (χ0) is 14.7. The van der Waals surface area contributed by atoms with Gasteiger partial charge < -0.3 is 5.32 Å². The second-order valence-corrected chi connectivity index (χ2v) is 6.39. The van der Waals surface area contributed by atoms with Crippen molar-refractivity contribution in [2.75, 3.05) is 5.32 Å². The van der Waals surface area contributed by atoms with Crippen molar-refractivity contribution in [2.24, 2.45) is 0 Å². The highest BCUT2D eigenvalue weighted by Crippen LogP contribution is 2.23. The van der Waals surface area contributed by atoms with Crippen LogP contribution < -0.4 is 5.32 Å². The first kappa shape index (κ1) is 15.3. The van der Waals surface area contributed by atoms with Gasteiger partial charge in [0.25, 0.3) is 5.91 Å². The maximum atomic E-state index is 12.2. The van der Waals surface area contributed by atoms with Gasteiger partial charge in [-0.1, -0.05) is 27.5 Å². The Morgan fingerprint density at radius 2 is 2.05 bits per heavy atom. The molecule has 2 rings (SSSR count). The van der Waals surface area contributed by atoms with Crippen LogP contribution in [0, 0.1) is 14.9 Å². The monoisotopic (exact) mass is 460 g/mol. The van der Waals surface area contributed by atoms with Gasteiger partial charge in [0.2, 0.25) is 0 Å². The van der Waals surface area contributed by atoms with E-state index in [0.29, 0.717) is 21.8 Å². The van der Waals surface area contributed by atoms with Crippen LogP contribution in [0.2, 0.25) is 5.02 Å². The number of rotatable bonds is 2. The number of amides is 1. The molecule has 1 N–H and O–H groups in total. The minimum absolute atomic E-state index is 0.296. The van der Waals surface area contributed by atoms with E-state index in [-0.39, 0.29) is 5.91 Å². The number of nitrogens with one attached hydrogen (secondary N) is 1. The van der Waals surface area contributed by atoms with Gasteiger partial charge in [0.05, 0.1) is 16.8 Å². The molecule has 0 saturated carbocycles. The van der Waals surface area contributed by atoms with Gasteiger partial charge in [-0.15, -0.1) is 0 Å². The molecular weight excluding hydrogens is 454 g/mol. The van der Waals surface area contributed by atoms with E-state index in [9.17, 15) is 4.79 Å². The largest absolute Gasteiger partial charge is 0.321 e. The van der Waals surface area contributed by atoms with Crippen molar-refractivity contribution in [3.63, 3.8) is 0 Å². The van der Waals surface area contributed by atoms with Crippen molar-refractivity contribution in [2.45, 2.75) is 0 Å². The number of carbonyl (C=O) groups is 1. The summed E-state index contributed by atoms with van der Waals surface area (Å²) >= 11 is 11.3. The molecule has 100 valence electrons. The van der Waals surface area contributed by atoms with E-state index in [1.54, 1.807) is 36.4 Å². The SMILES string of the molecule is N#Cc1cc(Br)ccc1NC(=O)c1cc(Cl)ccc1I. The van der Waals surface area contributed by atoms with Crippen LogP contribution >= 0.6 is 50.1 Å². The van der Waals surface area contributed by atoms with Gasteiger partial charge in [0.1, 0.15) is 6.07 Å². The molecule has 0 saturated heterocycles. The lowest BCUT2D eigenvalue weighted by molar-refractivity contribution is 0.102. The molecular formula is C14H7BrClIN2O. The van der Waals surface area contributed by atoms with E-state index in [2.05, 4.69) is 43.8 Å². The van der Waals surface area contributed by atoms with Gasteiger partial charge in [-0.3, -0.25) is 4.79 Å². The Bertz CT molecular complexity index is 728. The average Bonchev–Trinajstić information content (AvgIpc) is 2.43. The lowest BCUT2D eigenvalue weighted by Gasteiger charge is -2.09. The number of nitrogens with zero attached hydrogens (tertiary/aromatic N) is 1. The number of hydrogen-bond donors (Lipinski definition) is 1. The molecule has 0 aliphatic carbocycles. The van der Waals surface area contributed by atoms with Gasteiger partial charge in [0.15, 0.2) is 0 Å². The molecule has 0 aromatic heterocycles. The van der Waals surface area contributed by atoms with Crippen LogP contribution in [0.4, 0.5) is 5.69 Å². The third-order valence-corrected chi connectivity index (χ3v) is 4.19. The first-order chi connectivity index (χ1) is 9.51. The maximum absolute atomic E-state index is 12.2. The molecule has 0 aliphatic heterocycles. The Morgan fingerprint density at radius 1 is 1.30 bits per heavy atom. The molecule has 0 radical (unpaired) electrons. The highest BCUT2D eigenvalue weighted by molar-refractivity contribution is 14.1. The van der Waals surface area contributed by atoms with Gasteiger partial charge in [-0.05, 0) is 59.0 Å². The number of benzene rings is 2. The molecule has 0 aliphatic rings. The highest BCUT2D eigenvalue weighted by Gasteiger charge is 2.13. The average molecular weight is 461 g/mol. The molecule has 0 bridgehead atoms. The van der Waals surface area contributed by atoms with Gasteiger partial charge in [0, 0.05) is 13.1 Å². The summed E-state index contributed by atoms with van der Waals surface area (Å²) in [6, 6.07) is 12.2. The summed E-state index contributed by atoms with van der Waals surface area (Å²) in [6.45, 7) is 0. The minimum Gasteiger partial charge on any atom is -0.321 e. The van der Waals surface area contributed by atoms with Crippen molar-refractivity contribution in [1.82, 2.24) is 0 Å². The summed E-state index contributed by atoms with van der Waals surface area (Å²) in [4.78, 5) is 12.2. The number of halogens is 3. The van der Waals surface area contributed by atoms with Crippen LogP contribution in [0.3, 0.4) is 0 Å². The smallest absolute Gasteiger partial charge is 0.256 e. The number of carbonyl (C=O) groups excluding carboxylic acids is 1. The van der Waals surface area contributed by atoms with E-state index >= 15 is 0 Å². The lowest BCUT2D eigenvalue weighted by Crippen LogP contribution is -2.14. The Morgan fingerprint density at radius 3 is 2.75 bits per heavy atom. The predicted octanol–water partition coefficient (Wildman–Crippen LogP) is 4.83. The van der Waals surface area contributed by atoms with Crippen molar-refractivity contribution < 1.29 is 4.79 Å². The summed E-state index contributed by atoms with van der Waals surface area (Å²) in [6.07, 6.45) is 0. The third kappa shape index (κ3) is 3.51. The fourth-order valence-electron chi connectivity index (χ4n) is 1.58. The zero-order valence-corrected chi connectivity index (χ0v) is 14.5. The topological polar surface area (TPSA) is 52.9 Å². The molecule has 3 nitrogen and oxygen atoms in total. The zero-order valence-electron chi connectivity index (χ0n) is 9.95. The summed E-state index contributed by atoms with van der Waals surface area (Å²) in [5.74, 6) is -0.296. The molecule has 2 aromatic carbocycles. The van der Waals surface area contributed by atoms with Crippen molar-refractivity contribution in [3.8, 4) is 6.07 Å². The maximum Gasteiger partial charge on any atom is 0.256 e. The first-order valence-electron chi connectivity index (χ1n) is 5.47. The summed E-state index contributed by atoms with van der Waals surface area (Å²) < 4.78 is 1.57. The second-order valence-electron chi connectivity index (χ2n) is 3.88. The number of nitriles is 1. The molecule has 6 heteroatoms. The number of hydrogen-bond acceptors (Lipinski definition) is 2. The summed E-state index contributed by atoms with van der Waals surface area (Å²) in [7, 11) is 0. The van der Waals surface area contributed by atoms with E-state index in [1.807, 2.05) is 6.07 Å². The van der Waals surface area contributed by atoms with Crippen LogP contribution in [0.5, 0.6) is 0 Å².